The van der Waals surface area contributed by atoms with Crippen molar-refractivity contribution in [1.29, 1.82) is 0 Å². The van der Waals surface area contributed by atoms with E-state index in [1.165, 1.54) is 4.90 Å². The number of halogens is 3. The Labute approximate surface area is 159 Å². The first-order valence-corrected chi connectivity index (χ1v) is 9.11. The van der Waals surface area contributed by atoms with Gasteiger partial charge in [-0.05, 0) is 31.5 Å². The minimum absolute atomic E-state index is 0.0907. The number of carbonyl (C=O) groups is 1. The molecule has 1 atom stereocenters. The predicted octanol–water partition coefficient (Wildman–Crippen LogP) is 2.88. The minimum Gasteiger partial charge on any atom is -0.474 e. The van der Waals surface area contributed by atoms with Crippen LogP contribution in [0.1, 0.15) is 24.1 Å². The van der Waals surface area contributed by atoms with Crippen molar-refractivity contribution in [2.24, 2.45) is 16.1 Å². The second kappa shape index (κ2) is 7.16. The average Bonchev–Trinajstić information content (AvgIpc) is 3.05. The van der Waals surface area contributed by atoms with E-state index >= 15 is 0 Å². The van der Waals surface area contributed by atoms with Gasteiger partial charge in [0.05, 0.1) is 24.1 Å². The van der Waals surface area contributed by atoms with E-state index in [9.17, 15) is 18.0 Å². The maximum atomic E-state index is 13.3. The number of hydrogen-bond acceptors (Lipinski definition) is 6. The van der Waals surface area contributed by atoms with Gasteiger partial charge < -0.3 is 14.5 Å². The lowest BCUT2D eigenvalue weighted by Gasteiger charge is -2.29. The highest BCUT2D eigenvalue weighted by Crippen LogP contribution is 2.39. The van der Waals surface area contributed by atoms with Gasteiger partial charge in [0, 0.05) is 25.7 Å². The molecule has 1 unspecified atom stereocenters. The van der Waals surface area contributed by atoms with Crippen molar-refractivity contribution in [2.75, 3.05) is 20.1 Å². The van der Waals surface area contributed by atoms with E-state index in [-0.39, 0.29) is 24.9 Å². The molecular weight excluding hydrogens is 375 g/mol. The zero-order chi connectivity index (χ0) is 19.9. The summed E-state index contributed by atoms with van der Waals surface area (Å²) in [6.07, 6.45) is -1.79. The summed E-state index contributed by atoms with van der Waals surface area (Å²) < 4.78 is 46.0. The normalized spacial score (nSPS) is 23.7. The SMILES string of the molecule is CN1CCC(Oc2ccc3c(n2)CN(C2=CN=NC(=O)C2C(F)(F)F)C3)CC1. The highest BCUT2D eigenvalue weighted by Gasteiger charge is 2.50. The molecule has 1 aromatic heterocycles. The Morgan fingerprint density at radius 2 is 1.93 bits per heavy atom. The van der Waals surface area contributed by atoms with Crippen molar-refractivity contribution in [3.05, 3.63) is 35.3 Å². The van der Waals surface area contributed by atoms with E-state index in [2.05, 4.69) is 27.2 Å². The first-order valence-electron chi connectivity index (χ1n) is 9.11. The Morgan fingerprint density at radius 1 is 1.18 bits per heavy atom. The van der Waals surface area contributed by atoms with Gasteiger partial charge in [0.1, 0.15) is 6.10 Å². The fourth-order valence-corrected chi connectivity index (χ4v) is 3.73. The van der Waals surface area contributed by atoms with E-state index in [4.69, 9.17) is 4.74 Å². The molecule has 0 saturated carbocycles. The fraction of sp³-hybridized carbons (Fsp3) is 0.556. The Morgan fingerprint density at radius 3 is 2.64 bits per heavy atom. The summed E-state index contributed by atoms with van der Waals surface area (Å²) >= 11 is 0. The van der Waals surface area contributed by atoms with Crippen LogP contribution < -0.4 is 4.74 Å². The van der Waals surface area contributed by atoms with Crippen LogP contribution in [0, 0.1) is 5.92 Å². The summed E-state index contributed by atoms with van der Waals surface area (Å²) in [7, 11) is 2.07. The number of hydrogen-bond donors (Lipinski definition) is 0. The third-order valence-corrected chi connectivity index (χ3v) is 5.28. The van der Waals surface area contributed by atoms with E-state index in [0.717, 1.165) is 37.7 Å². The highest BCUT2D eigenvalue weighted by molar-refractivity contribution is 5.83. The molecule has 0 N–H and O–H groups in total. The zero-order valence-corrected chi connectivity index (χ0v) is 15.3. The summed E-state index contributed by atoms with van der Waals surface area (Å²) in [4.78, 5) is 19.9. The van der Waals surface area contributed by atoms with Crippen LogP contribution in [0.4, 0.5) is 13.2 Å². The molecule has 10 heteroatoms. The number of alkyl halides is 3. The Hall–Kier alpha value is -2.49. The first kappa shape index (κ1) is 18.9. The van der Waals surface area contributed by atoms with Crippen LogP contribution >= 0.6 is 0 Å². The molecule has 4 heterocycles. The lowest BCUT2D eigenvalue weighted by Crippen LogP contribution is -2.38. The maximum absolute atomic E-state index is 13.3. The molecule has 0 spiro atoms. The number of aromatic nitrogens is 1. The lowest BCUT2D eigenvalue weighted by atomic mass is 10.0. The molecular formula is C18H20F3N5O2. The number of nitrogens with zero attached hydrogens (tertiary/aromatic N) is 5. The number of likely N-dealkylation sites (tertiary alicyclic amines) is 1. The van der Waals surface area contributed by atoms with E-state index < -0.39 is 18.0 Å². The number of pyridine rings is 1. The summed E-state index contributed by atoms with van der Waals surface area (Å²) in [5.41, 5.74) is 1.28. The molecule has 0 aliphatic carbocycles. The summed E-state index contributed by atoms with van der Waals surface area (Å²) in [6.45, 7) is 2.32. The van der Waals surface area contributed by atoms with Crippen molar-refractivity contribution >= 4 is 5.91 Å². The van der Waals surface area contributed by atoms with Gasteiger partial charge in [0.15, 0.2) is 5.92 Å². The van der Waals surface area contributed by atoms with Gasteiger partial charge in [0.2, 0.25) is 5.88 Å². The summed E-state index contributed by atoms with van der Waals surface area (Å²) in [5.74, 6) is -3.09. The number of ether oxygens (including phenoxy) is 1. The van der Waals surface area contributed by atoms with Crippen molar-refractivity contribution in [2.45, 2.75) is 38.2 Å². The van der Waals surface area contributed by atoms with Crippen molar-refractivity contribution in [1.82, 2.24) is 14.8 Å². The lowest BCUT2D eigenvalue weighted by molar-refractivity contribution is -0.177. The number of carbonyl (C=O) groups excluding carboxylic acids is 1. The molecule has 0 bridgehead atoms. The number of fused-ring (bicyclic) bond motifs is 1. The van der Waals surface area contributed by atoms with Gasteiger partial charge in [-0.3, -0.25) is 4.79 Å². The third-order valence-electron chi connectivity index (χ3n) is 5.28. The number of azo groups is 1. The summed E-state index contributed by atoms with van der Waals surface area (Å²) in [5, 5.41) is 6.49. The molecule has 7 nitrogen and oxygen atoms in total. The van der Waals surface area contributed by atoms with E-state index in [0.29, 0.717) is 11.6 Å². The standard InChI is InChI=1S/C18H20F3N5O2/c1-25-6-4-12(5-7-25)28-15-3-2-11-9-26(10-13(11)23-15)14-8-22-24-17(27)16(14)18(19,20)21/h2-3,8,12,16H,4-7,9-10H2,1H3. The number of rotatable bonds is 3. The Kier molecular flexibility index (Phi) is 4.82. The second-order valence-electron chi connectivity index (χ2n) is 7.31. The van der Waals surface area contributed by atoms with Gasteiger partial charge in [-0.2, -0.15) is 18.3 Å². The van der Waals surface area contributed by atoms with Crippen molar-refractivity contribution in [3.63, 3.8) is 0 Å². The Balaban J connectivity index is 1.48. The van der Waals surface area contributed by atoms with Crippen LogP contribution in [0.2, 0.25) is 0 Å². The minimum atomic E-state index is -4.72. The van der Waals surface area contributed by atoms with Crippen LogP contribution in [0.25, 0.3) is 0 Å². The van der Waals surface area contributed by atoms with Gasteiger partial charge in [-0.15, -0.1) is 5.11 Å². The van der Waals surface area contributed by atoms with Crippen LogP contribution in [-0.4, -0.2) is 53.1 Å². The van der Waals surface area contributed by atoms with E-state index in [1.807, 2.05) is 6.07 Å². The van der Waals surface area contributed by atoms with Gasteiger partial charge in [-0.25, -0.2) is 4.98 Å². The number of amides is 1. The Bertz CT molecular complexity index is 831. The molecule has 1 aromatic rings. The van der Waals surface area contributed by atoms with Gasteiger partial charge >= 0.3 is 6.18 Å². The second-order valence-corrected chi connectivity index (χ2v) is 7.31. The fourth-order valence-electron chi connectivity index (χ4n) is 3.73. The van der Waals surface area contributed by atoms with Gasteiger partial charge in [0.25, 0.3) is 5.91 Å². The molecule has 28 heavy (non-hydrogen) atoms. The van der Waals surface area contributed by atoms with Crippen LogP contribution in [0.15, 0.2) is 34.3 Å². The topological polar surface area (TPSA) is 70.4 Å². The zero-order valence-electron chi connectivity index (χ0n) is 15.3. The first-order chi connectivity index (χ1) is 13.3. The molecule has 150 valence electrons. The van der Waals surface area contributed by atoms with E-state index in [1.54, 1.807) is 6.07 Å². The molecule has 1 saturated heterocycles. The number of piperidine rings is 1. The van der Waals surface area contributed by atoms with Crippen LogP contribution in [0.3, 0.4) is 0 Å². The largest absolute Gasteiger partial charge is 0.474 e. The molecule has 4 rings (SSSR count). The quantitative estimate of drug-likeness (QED) is 0.787. The molecule has 1 amide bonds. The molecule has 0 radical (unpaired) electrons. The molecule has 1 fully saturated rings. The predicted molar refractivity (Wildman–Crippen MR) is 92.1 cm³/mol. The monoisotopic (exact) mass is 395 g/mol. The summed E-state index contributed by atoms with van der Waals surface area (Å²) in [6, 6.07) is 3.57. The third kappa shape index (κ3) is 3.73. The van der Waals surface area contributed by atoms with Crippen molar-refractivity contribution in [3.8, 4) is 5.88 Å². The van der Waals surface area contributed by atoms with Crippen LogP contribution in [0.5, 0.6) is 5.88 Å². The maximum Gasteiger partial charge on any atom is 0.406 e. The molecule has 0 aromatic carbocycles. The average molecular weight is 395 g/mol. The van der Waals surface area contributed by atoms with Crippen molar-refractivity contribution < 1.29 is 22.7 Å². The molecule has 3 aliphatic rings. The van der Waals surface area contributed by atoms with Gasteiger partial charge in [-0.1, -0.05) is 0 Å². The highest BCUT2D eigenvalue weighted by atomic mass is 19.4. The smallest absolute Gasteiger partial charge is 0.406 e. The molecule has 3 aliphatic heterocycles. The van der Waals surface area contributed by atoms with Crippen LogP contribution in [-0.2, 0) is 17.9 Å².